The lowest BCUT2D eigenvalue weighted by Gasteiger charge is -2.08. The summed E-state index contributed by atoms with van der Waals surface area (Å²) in [5, 5.41) is 69.4. The Balaban J connectivity index is -0.000000218. The van der Waals surface area contributed by atoms with Crippen molar-refractivity contribution < 1.29 is 61.1 Å². The van der Waals surface area contributed by atoms with Crippen LogP contribution in [0.25, 0.3) is 0 Å². The first-order chi connectivity index (χ1) is 8.76. The Hall–Kier alpha value is -1.38. The third-order valence-electron chi connectivity index (χ3n) is 1.12. The SMILES string of the molecule is C[NH2+]CC(O)(O)O.C[NH2+]CC(O)(O)O.O=C([O-])C(=O)[O-]. The van der Waals surface area contributed by atoms with Gasteiger partial charge in [0.25, 0.3) is 0 Å². The first kappa shape index (κ1) is 23.7. The van der Waals surface area contributed by atoms with Gasteiger partial charge in [-0.05, 0) is 0 Å². The fraction of sp³-hybridized carbons (Fsp3) is 0.750. The topological polar surface area (TPSA) is 235 Å². The van der Waals surface area contributed by atoms with Crippen molar-refractivity contribution in [2.45, 2.75) is 11.9 Å². The molecular weight excluding hydrogens is 284 g/mol. The van der Waals surface area contributed by atoms with Crippen LogP contribution >= 0.6 is 0 Å². The monoisotopic (exact) mass is 304 g/mol. The molecule has 12 heteroatoms. The predicted octanol–water partition coefficient (Wildman–Crippen LogP) is -9.89. The van der Waals surface area contributed by atoms with E-state index in [0.29, 0.717) is 0 Å². The smallest absolute Gasteiger partial charge is 0.327 e. The van der Waals surface area contributed by atoms with Crippen molar-refractivity contribution in [1.29, 1.82) is 0 Å². The minimum atomic E-state index is -2.51. The molecule has 0 radical (unpaired) electrons. The van der Waals surface area contributed by atoms with E-state index in [9.17, 15) is 0 Å². The van der Waals surface area contributed by atoms with Gasteiger partial charge in [0, 0.05) is 0 Å². The van der Waals surface area contributed by atoms with Gasteiger partial charge >= 0.3 is 11.9 Å². The van der Waals surface area contributed by atoms with Crippen molar-refractivity contribution in [2.75, 3.05) is 27.2 Å². The van der Waals surface area contributed by atoms with Crippen molar-refractivity contribution in [3.63, 3.8) is 0 Å². The number of quaternary nitrogens is 2. The number of aliphatic hydroxyl groups is 6. The van der Waals surface area contributed by atoms with Gasteiger partial charge in [-0.1, -0.05) is 0 Å². The Morgan fingerprint density at radius 3 is 1.00 bits per heavy atom. The largest absolute Gasteiger partial charge is 0.543 e. The lowest BCUT2D eigenvalue weighted by Crippen LogP contribution is -2.84. The Morgan fingerprint density at radius 2 is 1.00 bits per heavy atom. The second-order valence-electron chi connectivity index (χ2n) is 3.35. The van der Waals surface area contributed by atoms with Gasteiger partial charge in [0.05, 0.1) is 26.0 Å². The van der Waals surface area contributed by atoms with Crippen LogP contribution in [0.3, 0.4) is 0 Å². The van der Waals surface area contributed by atoms with E-state index in [1.54, 1.807) is 14.1 Å². The van der Waals surface area contributed by atoms with E-state index < -0.39 is 23.9 Å². The highest BCUT2D eigenvalue weighted by molar-refractivity contribution is 6.25. The van der Waals surface area contributed by atoms with E-state index in [0.717, 1.165) is 0 Å². The fourth-order valence-electron chi connectivity index (χ4n) is 0.548. The lowest BCUT2D eigenvalue weighted by molar-refractivity contribution is -0.664. The zero-order valence-electron chi connectivity index (χ0n) is 10.9. The lowest BCUT2D eigenvalue weighted by atomic mass is 10.6. The molecule has 0 aliphatic heterocycles. The summed E-state index contributed by atoms with van der Waals surface area (Å²) in [6.07, 6.45) is 0. The van der Waals surface area contributed by atoms with Gasteiger partial charge in [0.15, 0.2) is 13.1 Å². The molecule has 10 N–H and O–H groups in total. The third kappa shape index (κ3) is 36.0. The Labute approximate surface area is 113 Å². The third-order valence-corrected chi connectivity index (χ3v) is 1.12. The van der Waals surface area contributed by atoms with Crippen LogP contribution in [0.4, 0.5) is 0 Å². The maximum atomic E-state index is 8.93. The number of carbonyl (C=O) groups excluding carboxylic acids is 2. The van der Waals surface area contributed by atoms with Crippen LogP contribution in [0.5, 0.6) is 0 Å². The standard InChI is InChI=1S/2C3H9NO3.C2H2O4/c2*1-4-2-3(5,6)7;3-1(4)2(5)6/h2*4-7H,2H2,1H3;(H,3,4)(H,5,6). The highest BCUT2D eigenvalue weighted by Crippen LogP contribution is 1.82. The molecule has 0 heterocycles. The molecule has 0 saturated heterocycles. The first-order valence-corrected chi connectivity index (χ1v) is 5.09. The number of rotatable bonds is 4. The molecule has 0 bridgehead atoms. The van der Waals surface area contributed by atoms with Crippen molar-refractivity contribution in [3.8, 4) is 0 Å². The van der Waals surface area contributed by atoms with Crippen LogP contribution < -0.4 is 20.8 Å². The molecule has 0 aliphatic rings. The average Bonchev–Trinajstić information content (AvgIpc) is 2.15. The van der Waals surface area contributed by atoms with Gasteiger partial charge in [0.2, 0.25) is 0 Å². The fourth-order valence-corrected chi connectivity index (χ4v) is 0.548. The number of carboxylic acids is 2. The molecule has 0 fully saturated rings. The molecule has 0 aromatic heterocycles. The zero-order valence-corrected chi connectivity index (χ0v) is 10.9. The molecule has 0 rings (SSSR count). The Bertz CT molecular complexity index is 241. The van der Waals surface area contributed by atoms with Gasteiger partial charge in [-0.15, -0.1) is 0 Å². The molecule has 0 amide bonds. The van der Waals surface area contributed by atoms with Crippen LogP contribution in [-0.4, -0.2) is 81.7 Å². The summed E-state index contributed by atoms with van der Waals surface area (Å²) in [4.78, 5) is 17.9. The number of aliphatic carboxylic acids is 2. The van der Waals surface area contributed by atoms with Crippen LogP contribution in [0.15, 0.2) is 0 Å². The molecule has 0 atom stereocenters. The maximum absolute atomic E-state index is 8.93. The van der Waals surface area contributed by atoms with Crippen LogP contribution in [0.1, 0.15) is 0 Å². The first-order valence-electron chi connectivity index (χ1n) is 5.09. The predicted molar refractivity (Wildman–Crippen MR) is 54.2 cm³/mol. The second-order valence-corrected chi connectivity index (χ2v) is 3.35. The Morgan fingerprint density at radius 1 is 0.800 bits per heavy atom. The summed E-state index contributed by atoms with van der Waals surface area (Å²) in [6.45, 7) is -0.236. The summed E-state index contributed by atoms with van der Waals surface area (Å²) in [6, 6.07) is 0. The van der Waals surface area contributed by atoms with Crippen molar-refractivity contribution in [2.24, 2.45) is 0 Å². The highest BCUT2D eigenvalue weighted by atomic mass is 16.7. The number of nitrogens with two attached hydrogens (primary N) is 2. The van der Waals surface area contributed by atoms with Crippen molar-refractivity contribution in [1.82, 2.24) is 0 Å². The average molecular weight is 304 g/mol. The normalized spacial score (nSPS) is 10.6. The maximum Gasteiger partial charge on any atom is 0.327 e. The molecule has 0 aromatic rings. The molecule has 0 spiro atoms. The molecule has 0 saturated carbocycles. The summed E-state index contributed by atoms with van der Waals surface area (Å²) in [5.74, 6) is -9.38. The van der Waals surface area contributed by atoms with E-state index >= 15 is 0 Å². The molecule has 0 aliphatic carbocycles. The minimum absolute atomic E-state index is 0.118. The summed E-state index contributed by atoms with van der Waals surface area (Å²) >= 11 is 0. The molecule has 0 aromatic carbocycles. The molecule has 12 nitrogen and oxygen atoms in total. The van der Waals surface area contributed by atoms with Gasteiger partial charge in [-0.3, -0.25) is 0 Å². The van der Waals surface area contributed by atoms with Gasteiger partial charge in [-0.25, -0.2) is 0 Å². The Kier molecular flexibility index (Phi) is 13.6. The van der Waals surface area contributed by atoms with E-state index in [-0.39, 0.29) is 13.1 Å². The summed E-state index contributed by atoms with van der Waals surface area (Å²) in [5.41, 5.74) is 0. The van der Waals surface area contributed by atoms with Crippen LogP contribution in [0, 0.1) is 0 Å². The summed E-state index contributed by atoms with van der Waals surface area (Å²) in [7, 11) is 3.24. The van der Waals surface area contributed by atoms with Crippen molar-refractivity contribution in [3.05, 3.63) is 0 Å². The van der Waals surface area contributed by atoms with E-state index in [1.807, 2.05) is 0 Å². The molecular formula is C8H20N2O10. The highest BCUT2D eigenvalue weighted by Gasteiger charge is 2.18. The van der Waals surface area contributed by atoms with Gasteiger partial charge in [-0.2, -0.15) is 0 Å². The van der Waals surface area contributed by atoms with Gasteiger partial charge < -0.3 is 61.1 Å². The molecule has 0 unspecified atom stereocenters. The zero-order chi connectivity index (χ0) is 17.0. The number of hydrogen-bond acceptors (Lipinski definition) is 10. The number of carboxylic acid groups (broad SMARTS) is 2. The van der Waals surface area contributed by atoms with Crippen molar-refractivity contribution >= 4 is 11.9 Å². The van der Waals surface area contributed by atoms with Crippen LogP contribution in [0.2, 0.25) is 0 Å². The quantitative estimate of drug-likeness (QED) is 0.180. The second kappa shape index (κ2) is 11.4. The number of likely N-dealkylation sites (N-methyl/N-ethyl adjacent to an activating group) is 2. The minimum Gasteiger partial charge on any atom is -0.543 e. The number of carbonyl (C=O) groups is 2. The summed E-state index contributed by atoms with van der Waals surface area (Å²) < 4.78 is 0. The van der Waals surface area contributed by atoms with E-state index in [2.05, 4.69) is 0 Å². The van der Waals surface area contributed by atoms with E-state index in [4.69, 9.17) is 50.4 Å². The van der Waals surface area contributed by atoms with Gasteiger partial charge in [0.1, 0.15) is 0 Å². The molecule has 20 heavy (non-hydrogen) atoms. The van der Waals surface area contributed by atoms with Crippen LogP contribution in [-0.2, 0) is 9.59 Å². The van der Waals surface area contributed by atoms with E-state index in [1.165, 1.54) is 10.6 Å². The molecule has 122 valence electrons. The number of hydrogen-bond donors (Lipinski definition) is 8.